The average Bonchev–Trinajstić information content (AvgIpc) is 2.68. The third kappa shape index (κ3) is 3.13. The molecule has 1 unspecified atom stereocenters. The standard InChI is InChI=1S/C14H19N3O2S2/c1-8-6-15-10(9(2)11(8)19-5)7-21(18)13-16-12(20)14(3,4)17-13/h6H,7H2,1-5H3,(H,16,17,20). The highest BCUT2D eigenvalue weighted by atomic mass is 32.2. The third-order valence-corrected chi connectivity index (χ3v) is 5.15. The van der Waals surface area contributed by atoms with Crippen molar-refractivity contribution in [1.29, 1.82) is 0 Å². The molecule has 2 rings (SSSR count). The molecule has 7 heteroatoms. The van der Waals surface area contributed by atoms with E-state index in [1.807, 2.05) is 27.7 Å². The van der Waals surface area contributed by atoms with Crippen molar-refractivity contribution in [3.05, 3.63) is 23.0 Å². The number of nitrogens with one attached hydrogen (secondary N) is 1. The second kappa shape index (κ2) is 5.81. The van der Waals surface area contributed by atoms with E-state index in [-0.39, 0.29) is 5.75 Å². The van der Waals surface area contributed by atoms with Crippen LogP contribution in [-0.4, -0.2) is 32.0 Å². The van der Waals surface area contributed by atoms with Gasteiger partial charge in [-0.25, -0.2) is 4.99 Å². The Morgan fingerprint density at radius 2 is 2.10 bits per heavy atom. The number of aliphatic imine (C=N–C) groups is 1. The van der Waals surface area contributed by atoms with Crippen molar-refractivity contribution in [1.82, 2.24) is 10.3 Å². The molecule has 1 atom stereocenters. The van der Waals surface area contributed by atoms with Gasteiger partial charge in [0.2, 0.25) is 0 Å². The van der Waals surface area contributed by atoms with E-state index in [0.29, 0.717) is 10.2 Å². The van der Waals surface area contributed by atoms with Crippen LogP contribution in [0.3, 0.4) is 0 Å². The molecule has 0 aromatic carbocycles. The van der Waals surface area contributed by atoms with Crippen molar-refractivity contribution >= 4 is 33.2 Å². The van der Waals surface area contributed by atoms with Crippen molar-refractivity contribution in [2.75, 3.05) is 7.11 Å². The first-order valence-corrected chi connectivity index (χ1v) is 8.27. The van der Waals surface area contributed by atoms with E-state index >= 15 is 0 Å². The second-order valence-corrected chi connectivity index (χ2v) is 7.24. The van der Waals surface area contributed by atoms with Crippen LogP contribution in [0.1, 0.15) is 30.7 Å². The molecule has 1 aromatic rings. The van der Waals surface area contributed by atoms with E-state index in [1.165, 1.54) is 0 Å². The van der Waals surface area contributed by atoms with Gasteiger partial charge in [-0.1, -0.05) is 12.2 Å². The molecule has 0 radical (unpaired) electrons. The number of hydrogen-bond acceptors (Lipinski definition) is 5. The van der Waals surface area contributed by atoms with Crippen molar-refractivity contribution in [3.63, 3.8) is 0 Å². The quantitative estimate of drug-likeness (QED) is 0.862. The molecule has 21 heavy (non-hydrogen) atoms. The van der Waals surface area contributed by atoms with Crippen LogP contribution in [0, 0.1) is 13.8 Å². The first-order valence-electron chi connectivity index (χ1n) is 6.55. The molecule has 2 heterocycles. The molecule has 1 aliphatic heterocycles. The number of rotatable bonds is 3. The van der Waals surface area contributed by atoms with Crippen LogP contribution in [0.25, 0.3) is 0 Å². The highest BCUT2D eigenvalue weighted by Crippen LogP contribution is 2.25. The summed E-state index contributed by atoms with van der Waals surface area (Å²) in [5.41, 5.74) is 2.12. The van der Waals surface area contributed by atoms with Gasteiger partial charge in [0, 0.05) is 17.3 Å². The van der Waals surface area contributed by atoms with E-state index in [9.17, 15) is 4.21 Å². The maximum atomic E-state index is 12.5. The Balaban J connectivity index is 2.24. The van der Waals surface area contributed by atoms with E-state index in [2.05, 4.69) is 15.3 Å². The summed E-state index contributed by atoms with van der Waals surface area (Å²) in [6.45, 7) is 7.64. The number of ether oxygens (including phenoxy) is 1. The highest BCUT2D eigenvalue weighted by Gasteiger charge is 2.33. The highest BCUT2D eigenvalue weighted by molar-refractivity contribution is 8.00. The van der Waals surface area contributed by atoms with E-state index in [1.54, 1.807) is 13.3 Å². The minimum Gasteiger partial charge on any atom is -0.496 e. The van der Waals surface area contributed by atoms with Gasteiger partial charge in [-0.2, -0.15) is 0 Å². The summed E-state index contributed by atoms with van der Waals surface area (Å²) in [6, 6.07) is 0. The van der Waals surface area contributed by atoms with Crippen LogP contribution in [0.15, 0.2) is 11.2 Å². The van der Waals surface area contributed by atoms with Crippen LogP contribution in [-0.2, 0) is 16.6 Å². The summed E-state index contributed by atoms with van der Waals surface area (Å²) in [6.07, 6.45) is 1.73. The van der Waals surface area contributed by atoms with Crippen molar-refractivity contribution in [3.8, 4) is 5.75 Å². The normalized spacial score (nSPS) is 18.1. The van der Waals surface area contributed by atoms with Gasteiger partial charge in [-0.3, -0.25) is 9.19 Å². The Labute approximate surface area is 132 Å². The van der Waals surface area contributed by atoms with Crippen LogP contribution in [0.5, 0.6) is 5.75 Å². The minimum atomic E-state index is -1.31. The molecule has 0 saturated heterocycles. The topological polar surface area (TPSA) is 63.6 Å². The zero-order chi connectivity index (χ0) is 15.8. The molecular weight excluding hydrogens is 306 g/mol. The molecule has 0 fully saturated rings. The molecule has 0 aliphatic carbocycles. The average molecular weight is 325 g/mol. The van der Waals surface area contributed by atoms with Crippen LogP contribution < -0.4 is 10.1 Å². The molecule has 0 spiro atoms. The number of nitrogens with zero attached hydrogens (tertiary/aromatic N) is 2. The van der Waals surface area contributed by atoms with Crippen molar-refractivity contribution in [2.45, 2.75) is 39.0 Å². The first-order chi connectivity index (χ1) is 9.76. The van der Waals surface area contributed by atoms with E-state index < -0.39 is 16.3 Å². The SMILES string of the molecule is COc1c(C)cnc(CS(=O)C2=NC(C)(C)C(=S)N2)c1C. The van der Waals surface area contributed by atoms with Gasteiger partial charge in [0.1, 0.15) is 16.3 Å². The molecule has 0 amide bonds. The number of methoxy groups -OCH3 is 1. The summed E-state index contributed by atoms with van der Waals surface area (Å²) in [5, 5.41) is 3.37. The summed E-state index contributed by atoms with van der Waals surface area (Å²) < 4.78 is 17.8. The smallest absolute Gasteiger partial charge is 0.193 e. The number of hydrogen-bond donors (Lipinski definition) is 1. The maximum absolute atomic E-state index is 12.5. The molecule has 1 aliphatic rings. The summed E-state index contributed by atoms with van der Waals surface area (Å²) in [7, 11) is 0.317. The predicted octanol–water partition coefficient (Wildman–Crippen LogP) is 2.02. The fourth-order valence-corrected chi connectivity index (χ4v) is 3.53. The van der Waals surface area contributed by atoms with Crippen LogP contribution in [0.4, 0.5) is 0 Å². The molecular formula is C14H19N3O2S2. The van der Waals surface area contributed by atoms with Gasteiger partial charge < -0.3 is 10.1 Å². The maximum Gasteiger partial charge on any atom is 0.193 e. The lowest BCUT2D eigenvalue weighted by Crippen LogP contribution is -2.34. The predicted molar refractivity (Wildman–Crippen MR) is 89.4 cm³/mol. The summed E-state index contributed by atoms with van der Waals surface area (Å²) >= 11 is 5.20. The molecule has 1 aromatic heterocycles. The summed E-state index contributed by atoms with van der Waals surface area (Å²) in [5.74, 6) is 1.07. The van der Waals surface area contributed by atoms with Gasteiger partial charge in [-0.15, -0.1) is 0 Å². The number of thiocarbonyl (C=S) groups is 1. The van der Waals surface area contributed by atoms with Crippen molar-refractivity contribution < 1.29 is 8.95 Å². The van der Waals surface area contributed by atoms with Gasteiger partial charge in [0.05, 0.1) is 29.4 Å². The van der Waals surface area contributed by atoms with Gasteiger partial charge in [-0.05, 0) is 27.7 Å². The first kappa shape index (κ1) is 16.0. The number of aryl methyl sites for hydroxylation is 1. The molecule has 1 N–H and O–H groups in total. The zero-order valence-corrected chi connectivity index (χ0v) is 14.4. The fourth-order valence-electron chi connectivity index (χ4n) is 2.10. The van der Waals surface area contributed by atoms with E-state index in [4.69, 9.17) is 17.0 Å². The molecule has 0 saturated carbocycles. The lowest BCUT2D eigenvalue weighted by Gasteiger charge is -2.12. The van der Waals surface area contributed by atoms with Crippen LogP contribution in [0.2, 0.25) is 0 Å². The fraction of sp³-hybridized carbons (Fsp3) is 0.500. The van der Waals surface area contributed by atoms with E-state index in [0.717, 1.165) is 22.6 Å². The lowest BCUT2D eigenvalue weighted by molar-refractivity contribution is 0.407. The van der Waals surface area contributed by atoms with Crippen LogP contribution >= 0.6 is 12.2 Å². The van der Waals surface area contributed by atoms with Gasteiger partial charge >= 0.3 is 0 Å². The minimum absolute atomic E-state index is 0.285. The second-order valence-electron chi connectivity index (χ2n) is 5.47. The molecule has 114 valence electrons. The Bertz CT molecular complexity index is 654. The van der Waals surface area contributed by atoms with Gasteiger partial charge in [0.25, 0.3) is 0 Å². The number of amidine groups is 1. The molecule has 0 bridgehead atoms. The monoisotopic (exact) mass is 325 g/mol. The largest absolute Gasteiger partial charge is 0.496 e. The Morgan fingerprint density at radius 3 is 2.62 bits per heavy atom. The Morgan fingerprint density at radius 1 is 1.43 bits per heavy atom. The Hall–Kier alpha value is -1.34. The van der Waals surface area contributed by atoms with Gasteiger partial charge in [0.15, 0.2) is 5.17 Å². The number of aromatic nitrogens is 1. The Kier molecular flexibility index (Phi) is 4.43. The van der Waals surface area contributed by atoms with Crippen molar-refractivity contribution in [2.24, 2.45) is 4.99 Å². The number of pyridine rings is 1. The third-order valence-electron chi connectivity index (χ3n) is 3.39. The lowest BCUT2D eigenvalue weighted by atomic mass is 10.1. The zero-order valence-electron chi connectivity index (χ0n) is 12.8. The summed E-state index contributed by atoms with van der Waals surface area (Å²) in [4.78, 5) is 9.35. The molecule has 5 nitrogen and oxygen atoms in total.